The van der Waals surface area contributed by atoms with Crippen LogP contribution in [-0.4, -0.2) is 159 Å². The molecule has 0 bridgehead atoms. The second-order valence-corrected chi connectivity index (χ2v) is 21.0. The molecule has 1 aromatic rings. The van der Waals surface area contributed by atoms with Crippen LogP contribution in [0.25, 0.3) is 0 Å². The minimum Gasteiger partial charge on any atom is -0.481 e. The average Bonchev–Trinajstić information content (AvgIpc) is 4.08. The fourth-order valence-corrected chi connectivity index (χ4v) is 9.30. The Morgan fingerprint density at radius 1 is 1.08 bits per heavy atom. The van der Waals surface area contributed by atoms with Crippen molar-refractivity contribution in [2.24, 2.45) is 23.5 Å². The normalized spacial score (nSPS) is 28.2. The number of epoxide rings is 1. The Labute approximate surface area is 420 Å². The molecule has 18 heteroatoms. The number of nitrogens with zero attached hydrogens (tertiary/aromatic N) is 2. The van der Waals surface area contributed by atoms with E-state index in [2.05, 4.69) is 10.6 Å². The Morgan fingerprint density at radius 2 is 1.75 bits per heavy atom. The summed E-state index contributed by atoms with van der Waals surface area (Å²) in [7, 11) is 1.52. The lowest BCUT2D eigenvalue weighted by atomic mass is 9.88. The van der Waals surface area contributed by atoms with Crippen LogP contribution < -0.4 is 16.4 Å². The Bertz CT molecular complexity index is 2030. The number of aliphatic hydroxyl groups is 3. The lowest BCUT2D eigenvalue weighted by Crippen LogP contribution is -2.60. The highest BCUT2D eigenvalue weighted by Gasteiger charge is 2.47. The predicted molar refractivity (Wildman–Crippen MR) is 268 cm³/mol. The topological polar surface area (TPSA) is 260 Å². The number of carbonyl (C=O) groups is 5. The molecule has 0 aromatic heterocycles. The number of carbonyl (C=O) groups excluding carboxylic acids is 4. The van der Waals surface area contributed by atoms with Crippen LogP contribution in [0, 0.1) is 17.8 Å². The number of cyclic esters (lactones) is 1. The van der Waals surface area contributed by atoms with Gasteiger partial charge in [-0.05, 0) is 76.7 Å². The Morgan fingerprint density at radius 3 is 2.35 bits per heavy atom. The van der Waals surface area contributed by atoms with Gasteiger partial charge in [-0.15, -0.1) is 0 Å². The first-order valence-corrected chi connectivity index (χ1v) is 25.3. The van der Waals surface area contributed by atoms with Gasteiger partial charge in [0.1, 0.15) is 24.3 Å². The van der Waals surface area contributed by atoms with E-state index in [9.17, 15) is 44.4 Å². The molecule has 3 heterocycles. The molecule has 3 aliphatic rings. The molecule has 4 rings (SSSR count). The van der Waals surface area contributed by atoms with E-state index in [1.165, 1.54) is 7.11 Å². The summed E-state index contributed by atoms with van der Waals surface area (Å²) < 4.78 is 24.6. The van der Waals surface area contributed by atoms with Crippen molar-refractivity contribution in [2.45, 2.75) is 174 Å². The first-order valence-electron chi connectivity index (χ1n) is 25.3. The third kappa shape index (κ3) is 17.8. The number of aliphatic carboxylic acids is 1. The molecule has 3 aliphatic heterocycles. The lowest BCUT2D eigenvalue weighted by Gasteiger charge is -2.45. The number of methoxy groups -OCH3 is 1. The largest absolute Gasteiger partial charge is 0.481 e. The van der Waals surface area contributed by atoms with Gasteiger partial charge >= 0.3 is 18.0 Å². The van der Waals surface area contributed by atoms with Gasteiger partial charge in [0.15, 0.2) is 6.10 Å². The summed E-state index contributed by atoms with van der Waals surface area (Å²) in [5, 5.41) is 47.4. The number of esters is 1. The maximum atomic E-state index is 14.1. The van der Waals surface area contributed by atoms with Crippen molar-refractivity contribution >= 4 is 35.5 Å². The Balaban J connectivity index is 1.46. The monoisotopic (exact) mass is 999 g/mol. The predicted octanol–water partition coefficient (Wildman–Crippen LogP) is 4.99. The molecule has 8 N–H and O–H groups in total. The van der Waals surface area contributed by atoms with E-state index < -0.39 is 83.5 Å². The average molecular weight is 999 g/mol. The number of amides is 3. The van der Waals surface area contributed by atoms with Gasteiger partial charge in [-0.25, -0.2) is 4.79 Å². The first kappa shape index (κ1) is 58.9. The Kier molecular flexibility index (Phi) is 21.8. The molecular weight excluding hydrogens is 915 g/mol. The van der Waals surface area contributed by atoms with Gasteiger partial charge in [-0.1, -0.05) is 71.1 Å². The number of carboxylic acid groups (broad SMARTS) is 1. The van der Waals surface area contributed by atoms with E-state index in [0.717, 1.165) is 5.56 Å². The molecule has 2 fully saturated rings. The summed E-state index contributed by atoms with van der Waals surface area (Å²) in [6, 6.07) is 5.82. The smallest absolute Gasteiger partial charge is 0.410 e. The molecule has 1 aromatic carbocycles. The van der Waals surface area contributed by atoms with Gasteiger partial charge in [-0.3, -0.25) is 24.1 Å². The molecule has 5 unspecified atom stereocenters. The van der Waals surface area contributed by atoms with Crippen molar-refractivity contribution in [3.63, 3.8) is 0 Å². The van der Waals surface area contributed by atoms with E-state index in [4.69, 9.17) is 24.7 Å². The summed E-state index contributed by atoms with van der Waals surface area (Å²) in [5.41, 5.74) is 5.82. The molecule has 0 aliphatic carbocycles. The zero-order valence-corrected chi connectivity index (χ0v) is 43.7. The summed E-state index contributed by atoms with van der Waals surface area (Å²) in [4.78, 5) is 65.8. The highest BCUT2D eigenvalue weighted by molar-refractivity contribution is 5.97. The standard InChI is InChI=1S/C53H83N5O13/c1-11-41(60)36(6)48-42(69-48)31-52(8,67)23-12-14-34(4)47-35(5)16-21-43(53(9,68-10)24-22-40(59)30-45(63)71-47)70-51(66)57-25-28-58(29-26-57,27-13-15-44(61)62)32-38-17-19-39(20-18-38)56-49(64)37(7)55-50(65)46(54)33(2)3/h12,14,16-21,23,33,35-37,40-43,46-48,59-60,67H,11,13,15,22,24-32,54H2,1-10H3,(H2-,55,56,61,62,64,65)/p+1/b21-16+,23-12+,34-14+/t35-,36?,37?,40+,41?,42+,43-,46?,47+,48+,52?,53+/m0/s1. The number of benzene rings is 1. The first-order chi connectivity index (χ1) is 33.3. The lowest BCUT2D eigenvalue weighted by molar-refractivity contribution is -0.944. The molecule has 71 heavy (non-hydrogen) atoms. The fourth-order valence-electron chi connectivity index (χ4n) is 9.30. The number of allylic oxidation sites excluding steroid dienone is 2. The van der Waals surface area contributed by atoms with E-state index >= 15 is 0 Å². The van der Waals surface area contributed by atoms with Crippen molar-refractivity contribution in [1.82, 2.24) is 10.2 Å². The molecular formula is C53H84N5O13+. The number of quaternary nitrogens is 1. The van der Waals surface area contributed by atoms with Crippen LogP contribution in [0.4, 0.5) is 10.5 Å². The number of hydrogen-bond acceptors (Lipinski definition) is 13. The van der Waals surface area contributed by atoms with Gasteiger partial charge in [0, 0.05) is 43.0 Å². The minimum atomic E-state index is -1.21. The van der Waals surface area contributed by atoms with Crippen molar-refractivity contribution in [1.29, 1.82) is 0 Å². The molecule has 398 valence electrons. The quantitative estimate of drug-likeness (QED) is 0.0282. The van der Waals surface area contributed by atoms with Gasteiger partial charge < -0.3 is 60.2 Å². The number of nitrogens with one attached hydrogen (secondary N) is 2. The third-order valence-electron chi connectivity index (χ3n) is 14.5. The zero-order chi connectivity index (χ0) is 52.8. The van der Waals surface area contributed by atoms with E-state index in [1.54, 1.807) is 62.1 Å². The van der Waals surface area contributed by atoms with Gasteiger partial charge in [-0.2, -0.15) is 0 Å². The second kappa shape index (κ2) is 26.3. The molecule has 0 radical (unpaired) electrons. The summed E-state index contributed by atoms with van der Waals surface area (Å²) in [6.45, 7) is 19.1. The number of rotatable bonds is 21. The minimum absolute atomic E-state index is 0.000714. The van der Waals surface area contributed by atoms with Crippen molar-refractivity contribution < 1.29 is 67.8 Å². The second-order valence-electron chi connectivity index (χ2n) is 21.0. The maximum absolute atomic E-state index is 14.1. The van der Waals surface area contributed by atoms with Crippen LogP contribution in [0.5, 0.6) is 0 Å². The number of piperazine rings is 1. The number of carboxylic acids is 1. The zero-order valence-electron chi connectivity index (χ0n) is 43.7. The van der Waals surface area contributed by atoms with Gasteiger partial charge in [0.2, 0.25) is 11.8 Å². The number of aliphatic hydroxyl groups excluding tert-OH is 2. The number of hydrogen-bond donors (Lipinski definition) is 7. The number of anilines is 1. The highest BCUT2D eigenvalue weighted by atomic mass is 16.6. The summed E-state index contributed by atoms with van der Waals surface area (Å²) >= 11 is 0. The van der Waals surface area contributed by atoms with Gasteiger partial charge in [0.05, 0.1) is 81.6 Å². The Hall–Kier alpha value is -4.69. The van der Waals surface area contributed by atoms with Crippen LogP contribution in [0.2, 0.25) is 0 Å². The van der Waals surface area contributed by atoms with E-state index in [-0.39, 0.29) is 49.7 Å². The maximum Gasteiger partial charge on any atom is 0.410 e. The van der Waals surface area contributed by atoms with Crippen molar-refractivity contribution in [3.05, 3.63) is 65.8 Å². The highest BCUT2D eigenvalue weighted by Crippen LogP contribution is 2.38. The van der Waals surface area contributed by atoms with Crippen LogP contribution in [0.3, 0.4) is 0 Å². The SMILES string of the molecule is CCC(O)C(C)[C@H]1O[C@@H]1CC(C)(O)/C=C/C=C(\C)[C@H]1OC(=O)C[C@H](O)CC[C@@](C)(OC)[C@@H](OC(=O)N2CC[N+](CCCC(=O)O)(Cc3ccc(NC(=O)C(C)NC(=O)C(N)C(C)C)cc3)CC2)/C=C/[C@@H]1C. The number of ether oxygens (including phenoxy) is 4. The third-order valence-corrected chi connectivity index (χ3v) is 14.5. The van der Waals surface area contributed by atoms with Crippen LogP contribution >= 0.6 is 0 Å². The molecule has 2 saturated heterocycles. The van der Waals surface area contributed by atoms with Crippen LogP contribution in [-0.2, 0) is 44.7 Å². The fraction of sp³-hybridized carbons (Fsp3) is 0.679. The molecule has 0 spiro atoms. The van der Waals surface area contributed by atoms with Gasteiger partial charge in [0.25, 0.3) is 0 Å². The van der Waals surface area contributed by atoms with Crippen molar-refractivity contribution in [2.75, 3.05) is 45.2 Å². The van der Waals surface area contributed by atoms with E-state index in [1.807, 2.05) is 59.8 Å². The van der Waals surface area contributed by atoms with Crippen molar-refractivity contribution in [3.8, 4) is 0 Å². The van der Waals surface area contributed by atoms with Crippen LogP contribution in [0.15, 0.2) is 60.2 Å². The summed E-state index contributed by atoms with van der Waals surface area (Å²) in [5.74, 6) is -2.82. The number of nitrogens with two attached hydrogens (primary N) is 1. The summed E-state index contributed by atoms with van der Waals surface area (Å²) in [6.07, 6.45) is 6.24. The molecule has 3 amide bonds. The van der Waals surface area contributed by atoms with Crippen LogP contribution in [0.1, 0.15) is 113 Å². The molecule has 12 atom stereocenters. The van der Waals surface area contributed by atoms with E-state index in [0.29, 0.717) is 74.3 Å². The molecule has 0 saturated carbocycles. The molecule has 18 nitrogen and oxygen atoms in total.